The Hall–Kier alpha value is -6.77. The first-order valence-corrected chi connectivity index (χ1v) is 15.8. The Morgan fingerprint density at radius 1 is 0.292 bits per heavy atom. The highest BCUT2D eigenvalue weighted by molar-refractivity contribution is 5.83. The third-order valence-corrected chi connectivity index (χ3v) is 8.05. The molecule has 0 atom stereocenters. The maximum Gasteiger partial charge on any atom is 0.292 e. The smallest absolute Gasteiger partial charge is 0.292 e. The molecule has 0 spiro atoms. The molecule has 0 amide bonds. The van der Waals surface area contributed by atoms with Gasteiger partial charge in [0.1, 0.15) is 5.75 Å². The lowest BCUT2D eigenvalue weighted by atomic mass is 10.1. The van der Waals surface area contributed by atoms with E-state index in [2.05, 4.69) is 148 Å². The van der Waals surface area contributed by atoms with Crippen LogP contribution < -0.4 is 19.4 Å². The SMILES string of the molecule is N#COc1ccc(N(c2ccccc2)c2ccc(N(c3ccccc3)c3ccc(N(c4ccccc4)c4ccccc4)cc3)cc2)cc1. The third-order valence-electron chi connectivity index (χ3n) is 8.05. The molecule has 230 valence electrons. The van der Waals surface area contributed by atoms with Gasteiger partial charge in [-0.05, 0) is 121 Å². The Morgan fingerprint density at radius 2 is 0.500 bits per heavy atom. The first-order valence-electron chi connectivity index (χ1n) is 15.8. The van der Waals surface area contributed by atoms with Gasteiger partial charge in [-0.2, -0.15) is 0 Å². The summed E-state index contributed by atoms with van der Waals surface area (Å²) in [4.78, 5) is 6.72. The molecule has 0 unspecified atom stereocenters. The van der Waals surface area contributed by atoms with Crippen LogP contribution in [0.2, 0.25) is 0 Å². The lowest BCUT2D eigenvalue weighted by molar-refractivity contribution is 0.507. The average Bonchev–Trinajstić information content (AvgIpc) is 3.16. The number of benzene rings is 7. The van der Waals surface area contributed by atoms with Crippen LogP contribution in [0.5, 0.6) is 5.75 Å². The molecule has 0 aliphatic carbocycles. The van der Waals surface area contributed by atoms with Crippen LogP contribution in [-0.4, -0.2) is 0 Å². The van der Waals surface area contributed by atoms with Crippen molar-refractivity contribution in [3.8, 4) is 12.0 Å². The molecule has 0 aliphatic rings. The van der Waals surface area contributed by atoms with Gasteiger partial charge in [-0.1, -0.05) is 72.8 Å². The fraction of sp³-hybridized carbons (Fsp3) is 0. The van der Waals surface area contributed by atoms with E-state index >= 15 is 0 Å². The lowest BCUT2D eigenvalue weighted by Gasteiger charge is -2.29. The molecule has 5 nitrogen and oxygen atoms in total. The molecule has 7 rings (SSSR count). The molecule has 7 aromatic carbocycles. The van der Waals surface area contributed by atoms with E-state index in [9.17, 15) is 0 Å². The quantitative estimate of drug-likeness (QED) is 0.142. The molecule has 7 aromatic rings. The van der Waals surface area contributed by atoms with Crippen molar-refractivity contribution in [2.75, 3.05) is 14.7 Å². The van der Waals surface area contributed by atoms with Crippen LogP contribution in [0.25, 0.3) is 0 Å². The van der Waals surface area contributed by atoms with E-state index in [1.54, 1.807) is 18.4 Å². The second-order valence-electron chi connectivity index (χ2n) is 11.1. The van der Waals surface area contributed by atoms with Gasteiger partial charge in [0.2, 0.25) is 0 Å². The average molecular weight is 621 g/mol. The van der Waals surface area contributed by atoms with Crippen molar-refractivity contribution >= 4 is 51.2 Å². The summed E-state index contributed by atoms with van der Waals surface area (Å²) in [5, 5.41) is 8.93. The fourth-order valence-electron chi connectivity index (χ4n) is 5.87. The number of hydrogen-bond donors (Lipinski definition) is 0. The Kier molecular flexibility index (Phi) is 8.80. The number of para-hydroxylation sites is 4. The van der Waals surface area contributed by atoms with E-state index in [1.807, 2.05) is 48.5 Å². The monoisotopic (exact) mass is 620 g/mol. The summed E-state index contributed by atoms with van der Waals surface area (Å²) in [6.07, 6.45) is 1.74. The van der Waals surface area contributed by atoms with E-state index in [0.29, 0.717) is 5.75 Å². The first kappa shape index (κ1) is 29.9. The van der Waals surface area contributed by atoms with Gasteiger partial charge >= 0.3 is 0 Å². The summed E-state index contributed by atoms with van der Waals surface area (Å²) in [7, 11) is 0. The number of nitrogens with zero attached hydrogens (tertiary/aromatic N) is 4. The van der Waals surface area contributed by atoms with Crippen molar-refractivity contribution in [2.45, 2.75) is 0 Å². The van der Waals surface area contributed by atoms with E-state index in [1.165, 1.54) is 0 Å². The third kappa shape index (κ3) is 6.46. The lowest BCUT2D eigenvalue weighted by Crippen LogP contribution is -2.13. The van der Waals surface area contributed by atoms with Crippen LogP contribution in [-0.2, 0) is 0 Å². The zero-order valence-corrected chi connectivity index (χ0v) is 26.2. The van der Waals surface area contributed by atoms with Crippen molar-refractivity contribution in [2.24, 2.45) is 0 Å². The summed E-state index contributed by atoms with van der Waals surface area (Å²) >= 11 is 0. The van der Waals surface area contributed by atoms with Crippen molar-refractivity contribution in [3.63, 3.8) is 0 Å². The summed E-state index contributed by atoms with van der Waals surface area (Å²) in [6.45, 7) is 0. The molecule has 5 heteroatoms. The molecule has 0 N–H and O–H groups in total. The van der Waals surface area contributed by atoms with Crippen LogP contribution in [0.3, 0.4) is 0 Å². The van der Waals surface area contributed by atoms with Gasteiger partial charge in [0.15, 0.2) is 0 Å². The fourth-order valence-corrected chi connectivity index (χ4v) is 5.87. The van der Waals surface area contributed by atoms with Crippen LogP contribution in [0, 0.1) is 11.5 Å². The molecule has 0 heterocycles. The molecule has 0 aromatic heterocycles. The molecule has 48 heavy (non-hydrogen) atoms. The molecule has 0 fully saturated rings. The molecule has 0 saturated carbocycles. The second-order valence-corrected chi connectivity index (χ2v) is 11.1. The summed E-state index contributed by atoms with van der Waals surface area (Å²) in [6, 6.07) is 66.3. The Morgan fingerprint density at radius 3 is 0.729 bits per heavy atom. The minimum absolute atomic E-state index is 0.504. The zero-order chi connectivity index (χ0) is 32.5. The van der Waals surface area contributed by atoms with Crippen molar-refractivity contribution < 1.29 is 4.74 Å². The van der Waals surface area contributed by atoms with Crippen molar-refractivity contribution in [3.05, 3.63) is 194 Å². The second kappa shape index (κ2) is 14.1. The largest absolute Gasteiger partial charge is 0.388 e. The first-order chi connectivity index (χ1) is 23.8. The number of nitriles is 1. The van der Waals surface area contributed by atoms with Gasteiger partial charge in [0.05, 0.1) is 0 Å². The molecule has 0 aliphatic heterocycles. The molecule has 0 radical (unpaired) electrons. The standard InChI is InChI=1S/C43H32N4O/c44-33-48-43-31-29-42(30-32-43)47(37-19-11-4-12-20-37)41-27-25-40(26-28-41)46(36-17-9-3-10-18-36)39-23-21-38(22-24-39)45(34-13-5-1-6-14-34)35-15-7-2-8-16-35/h1-32H. The Bertz CT molecular complexity index is 2040. The van der Waals surface area contributed by atoms with E-state index in [4.69, 9.17) is 10.00 Å². The van der Waals surface area contributed by atoms with Gasteiger partial charge in [-0.15, -0.1) is 5.26 Å². The Balaban J connectivity index is 1.25. The summed E-state index contributed by atoms with van der Waals surface area (Å²) < 4.78 is 5.02. The normalized spacial score (nSPS) is 10.5. The highest BCUT2D eigenvalue weighted by Gasteiger charge is 2.17. The van der Waals surface area contributed by atoms with Gasteiger partial charge in [-0.3, -0.25) is 0 Å². The van der Waals surface area contributed by atoms with E-state index in [0.717, 1.165) is 51.2 Å². The summed E-state index contributed by atoms with van der Waals surface area (Å²) in [5.41, 5.74) is 9.40. The number of ether oxygens (including phenoxy) is 1. The van der Waals surface area contributed by atoms with Crippen LogP contribution in [0.15, 0.2) is 194 Å². The maximum atomic E-state index is 8.93. The number of anilines is 9. The Labute approximate surface area is 281 Å². The zero-order valence-electron chi connectivity index (χ0n) is 26.2. The van der Waals surface area contributed by atoms with E-state index < -0.39 is 0 Å². The number of hydrogen-bond acceptors (Lipinski definition) is 5. The molecular formula is C43H32N4O. The summed E-state index contributed by atoms with van der Waals surface area (Å²) in [5.74, 6) is 0.504. The number of rotatable bonds is 10. The van der Waals surface area contributed by atoms with Crippen LogP contribution >= 0.6 is 0 Å². The van der Waals surface area contributed by atoms with Gasteiger partial charge < -0.3 is 19.4 Å². The minimum Gasteiger partial charge on any atom is -0.388 e. The maximum absolute atomic E-state index is 8.93. The van der Waals surface area contributed by atoms with Crippen molar-refractivity contribution in [1.82, 2.24) is 0 Å². The molecule has 0 saturated heterocycles. The van der Waals surface area contributed by atoms with Crippen molar-refractivity contribution in [1.29, 1.82) is 5.26 Å². The highest BCUT2D eigenvalue weighted by Crippen LogP contribution is 2.41. The predicted molar refractivity (Wildman–Crippen MR) is 197 cm³/mol. The molecular weight excluding hydrogens is 589 g/mol. The predicted octanol–water partition coefficient (Wildman–Crippen LogP) is 12.0. The van der Waals surface area contributed by atoms with Crippen LogP contribution in [0.1, 0.15) is 0 Å². The van der Waals surface area contributed by atoms with E-state index in [-0.39, 0.29) is 0 Å². The van der Waals surface area contributed by atoms with Gasteiger partial charge in [0, 0.05) is 51.2 Å². The molecule has 0 bridgehead atoms. The highest BCUT2D eigenvalue weighted by atomic mass is 16.5. The van der Waals surface area contributed by atoms with Gasteiger partial charge in [-0.25, -0.2) is 0 Å². The van der Waals surface area contributed by atoms with Crippen LogP contribution in [0.4, 0.5) is 51.2 Å². The minimum atomic E-state index is 0.504. The van der Waals surface area contributed by atoms with Gasteiger partial charge in [0.25, 0.3) is 6.26 Å². The topological polar surface area (TPSA) is 42.7 Å².